The molecule has 1 amide bonds. The number of alkyl halides is 1. The lowest BCUT2D eigenvalue weighted by atomic mass is 9.98. The van der Waals surface area contributed by atoms with Gasteiger partial charge in [0.2, 0.25) is 0 Å². The Morgan fingerprint density at radius 1 is 0.872 bits per heavy atom. The van der Waals surface area contributed by atoms with Crippen LogP contribution in [0.4, 0.5) is 4.79 Å². The van der Waals surface area contributed by atoms with Crippen molar-refractivity contribution < 1.29 is 23.9 Å². The highest BCUT2D eigenvalue weighted by molar-refractivity contribution is 6.20. The summed E-state index contributed by atoms with van der Waals surface area (Å²) in [6.07, 6.45) is 1.98. The third-order valence-electron chi connectivity index (χ3n) is 6.23. The number of unbranched alkanes of at least 4 members (excludes halogenated alkanes) is 1. The van der Waals surface area contributed by atoms with Crippen molar-refractivity contribution in [1.82, 2.24) is 5.32 Å². The highest BCUT2D eigenvalue weighted by Gasteiger charge is 2.30. The zero-order valence-corrected chi connectivity index (χ0v) is 23.4. The van der Waals surface area contributed by atoms with Gasteiger partial charge in [-0.3, -0.25) is 0 Å². The van der Waals surface area contributed by atoms with Gasteiger partial charge < -0.3 is 19.6 Å². The van der Waals surface area contributed by atoms with Crippen LogP contribution in [0.3, 0.4) is 0 Å². The van der Waals surface area contributed by atoms with Gasteiger partial charge in [-0.1, -0.05) is 104 Å². The molecular weight excluding hydrogens is 514 g/mol. The van der Waals surface area contributed by atoms with Crippen molar-refractivity contribution in [2.45, 2.75) is 64.0 Å². The van der Waals surface area contributed by atoms with E-state index >= 15 is 0 Å². The maximum absolute atomic E-state index is 12.9. The molecule has 0 radical (unpaired) electrons. The van der Waals surface area contributed by atoms with Crippen LogP contribution >= 0.6 is 11.6 Å². The minimum Gasteiger partial charge on any atom is -0.449 e. The molecule has 2 atom stereocenters. The molecule has 1 N–H and O–H groups in total. The van der Waals surface area contributed by atoms with Crippen LogP contribution < -0.4 is 5.32 Å². The van der Waals surface area contributed by atoms with E-state index in [0.717, 1.165) is 40.7 Å². The lowest BCUT2D eigenvalue weighted by Gasteiger charge is -2.21. The Labute approximate surface area is 235 Å². The maximum Gasteiger partial charge on any atom is 0.407 e. The smallest absolute Gasteiger partial charge is 0.407 e. The van der Waals surface area contributed by atoms with Crippen LogP contribution in [0.2, 0.25) is 0 Å². The van der Waals surface area contributed by atoms with E-state index in [1.165, 1.54) is 13.8 Å². The van der Waals surface area contributed by atoms with Crippen molar-refractivity contribution in [3.05, 3.63) is 95.6 Å². The summed E-state index contributed by atoms with van der Waals surface area (Å²) in [5, 5.41) is 2.70. The number of benzene rings is 3. The molecule has 1 aliphatic rings. The molecule has 6 nitrogen and oxygen atoms in total. The summed E-state index contributed by atoms with van der Waals surface area (Å²) in [5.74, 6) is -0.465. The van der Waals surface area contributed by atoms with Crippen molar-refractivity contribution in [3.63, 3.8) is 0 Å². The summed E-state index contributed by atoms with van der Waals surface area (Å²) < 4.78 is 11.1. The molecule has 39 heavy (non-hydrogen) atoms. The number of ether oxygens (including phenoxy) is 2. The lowest BCUT2D eigenvalue weighted by Crippen LogP contribution is -2.44. The Hall–Kier alpha value is -3.64. The highest BCUT2D eigenvalue weighted by Crippen LogP contribution is 2.44. The number of hydrogen-bond donors (Lipinski definition) is 1. The molecule has 0 saturated carbocycles. The number of carbonyl (C=O) groups is 3. The second-order valence-corrected chi connectivity index (χ2v) is 10.1. The number of esters is 1. The van der Waals surface area contributed by atoms with Gasteiger partial charge in [-0.2, -0.15) is 0 Å². The summed E-state index contributed by atoms with van der Waals surface area (Å²) in [6.45, 7) is 5.27. The molecule has 7 heteroatoms. The lowest BCUT2D eigenvalue weighted by molar-refractivity contribution is -0.148. The van der Waals surface area contributed by atoms with Crippen LogP contribution in [0.15, 0.2) is 78.9 Å². The molecular formula is C32H36ClNO5. The summed E-state index contributed by atoms with van der Waals surface area (Å²) in [7, 11) is 0. The second-order valence-electron chi connectivity index (χ2n) is 9.61. The summed E-state index contributed by atoms with van der Waals surface area (Å²) in [5.41, 5.74) is 4.73. The van der Waals surface area contributed by atoms with E-state index in [2.05, 4.69) is 29.6 Å². The number of carbonyl (C=O) groups excluding carboxylic acids is 3. The predicted molar refractivity (Wildman–Crippen MR) is 154 cm³/mol. The number of Topliss-reactive ketones (excluding diaryl/α,β-unsaturated/α-hetero) is 1. The molecule has 3 aromatic carbocycles. The standard InChI is InChI=1S/C29H30ClNO4.C3H6O/c1-2-3-17-27(30)35-28(32)26(18-20-11-5-4-6-12-20)31-29(33)34-19-25-23-15-9-7-13-21(23)22-14-8-10-16-24(22)25;1-3(2)4/h4-16,25-27H,2-3,17-19H2,1H3,(H,31,33);1-2H3/t26-,27?;/m1./s1. The predicted octanol–water partition coefficient (Wildman–Crippen LogP) is 7.03. The molecule has 3 aromatic rings. The molecule has 206 valence electrons. The van der Waals surface area contributed by atoms with Gasteiger partial charge in [-0.25, -0.2) is 9.59 Å². The topological polar surface area (TPSA) is 81.7 Å². The zero-order valence-electron chi connectivity index (χ0n) is 22.7. The van der Waals surface area contributed by atoms with Gasteiger partial charge >= 0.3 is 12.1 Å². The molecule has 0 fully saturated rings. The third-order valence-corrected chi connectivity index (χ3v) is 6.54. The first kappa shape index (κ1) is 29.9. The maximum atomic E-state index is 12.9. The number of fused-ring (bicyclic) bond motifs is 3. The van der Waals surface area contributed by atoms with Crippen molar-refractivity contribution in [2.75, 3.05) is 6.61 Å². The van der Waals surface area contributed by atoms with Gasteiger partial charge in [0.05, 0.1) is 0 Å². The quantitative estimate of drug-likeness (QED) is 0.217. The minimum atomic E-state index is -0.907. The Balaban J connectivity index is 0.000000983. The minimum absolute atomic E-state index is 0.0612. The number of ketones is 1. The molecule has 0 aromatic heterocycles. The molecule has 0 bridgehead atoms. The zero-order chi connectivity index (χ0) is 28.2. The molecule has 1 unspecified atom stereocenters. The first-order valence-corrected chi connectivity index (χ1v) is 13.7. The van der Waals surface area contributed by atoms with Gasteiger partial charge in [-0.05, 0) is 54.5 Å². The number of rotatable bonds is 10. The van der Waals surface area contributed by atoms with Gasteiger partial charge in [0, 0.05) is 12.3 Å². The SMILES string of the molecule is CC(C)=O.CCCCC(Cl)OC(=O)[C@@H](Cc1ccccc1)NC(=O)OCC1c2ccccc2-c2ccccc21. The van der Waals surface area contributed by atoms with Crippen LogP contribution in [-0.2, 0) is 25.5 Å². The van der Waals surface area contributed by atoms with Gasteiger partial charge in [-0.15, -0.1) is 0 Å². The molecule has 4 rings (SSSR count). The first-order chi connectivity index (χ1) is 18.8. The van der Waals surface area contributed by atoms with Crippen LogP contribution in [0.5, 0.6) is 0 Å². The summed E-state index contributed by atoms with van der Waals surface area (Å²) in [6, 6.07) is 24.9. The van der Waals surface area contributed by atoms with E-state index in [1.54, 1.807) is 0 Å². The molecule has 0 spiro atoms. The largest absolute Gasteiger partial charge is 0.449 e. The molecule has 0 aliphatic heterocycles. The Morgan fingerprint density at radius 2 is 1.41 bits per heavy atom. The van der Waals surface area contributed by atoms with E-state index in [9.17, 15) is 14.4 Å². The monoisotopic (exact) mass is 549 g/mol. The fraction of sp³-hybridized carbons (Fsp3) is 0.344. The van der Waals surface area contributed by atoms with Gasteiger partial charge in [0.15, 0.2) is 5.56 Å². The van der Waals surface area contributed by atoms with Gasteiger partial charge in [0.25, 0.3) is 0 Å². The fourth-order valence-corrected chi connectivity index (χ4v) is 4.70. The van der Waals surface area contributed by atoms with Crippen molar-refractivity contribution in [1.29, 1.82) is 0 Å². The van der Waals surface area contributed by atoms with Crippen LogP contribution in [0.1, 0.15) is 62.6 Å². The number of nitrogens with one attached hydrogen (secondary N) is 1. The van der Waals surface area contributed by atoms with E-state index in [0.29, 0.717) is 6.42 Å². The third kappa shape index (κ3) is 8.96. The highest BCUT2D eigenvalue weighted by atomic mass is 35.5. The molecule has 0 heterocycles. The van der Waals surface area contributed by atoms with E-state index in [-0.39, 0.29) is 24.7 Å². The average Bonchev–Trinajstić information content (AvgIpc) is 3.24. The number of hydrogen-bond acceptors (Lipinski definition) is 5. The average molecular weight is 550 g/mol. The number of alkyl carbamates (subject to hydrolysis) is 1. The Morgan fingerprint density at radius 3 is 1.97 bits per heavy atom. The van der Waals surface area contributed by atoms with E-state index in [1.807, 2.05) is 61.5 Å². The van der Waals surface area contributed by atoms with Crippen LogP contribution in [0.25, 0.3) is 11.1 Å². The Bertz CT molecular complexity index is 1200. The van der Waals surface area contributed by atoms with Crippen molar-refractivity contribution >= 4 is 29.4 Å². The summed E-state index contributed by atoms with van der Waals surface area (Å²) in [4.78, 5) is 35.1. The second kappa shape index (κ2) is 15.1. The van der Waals surface area contributed by atoms with Crippen molar-refractivity contribution in [2.24, 2.45) is 0 Å². The summed E-state index contributed by atoms with van der Waals surface area (Å²) >= 11 is 6.19. The van der Waals surface area contributed by atoms with Crippen LogP contribution in [0, 0.1) is 0 Å². The normalized spacial score (nSPS) is 13.1. The first-order valence-electron chi connectivity index (χ1n) is 13.3. The van der Waals surface area contributed by atoms with Crippen LogP contribution in [-0.4, -0.2) is 36.1 Å². The van der Waals surface area contributed by atoms with Crippen molar-refractivity contribution in [3.8, 4) is 11.1 Å². The number of amides is 1. The van der Waals surface area contributed by atoms with E-state index in [4.69, 9.17) is 21.1 Å². The fourth-order valence-electron chi connectivity index (χ4n) is 4.46. The molecule has 0 saturated heterocycles. The number of halogens is 1. The molecule has 1 aliphatic carbocycles. The Kier molecular flexibility index (Phi) is 11.6. The van der Waals surface area contributed by atoms with Gasteiger partial charge in [0.1, 0.15) is 18.4 Å². The van der Waals surface area contributed by atoms with E-state index < -0.39 is 23.7 Å².